The van der Waals surface area contributed by atoms with E-state index in [0.29, 0.717) is 0 Å². The quantitative estimate of drug-likeness (QED) is 0.669. The topological polar surface area (TPSA) is 30.5 Å². The maximum atomic E-state index is 5.83. The first-order valence-electron chi connectivity index (χ1n) is 4.79. The molecule has 1 N–H and O–H groups in total. The molecular formula is C9H17NO2. The lowest BCUT2D eigenvalue weighted by Crippen LogP contribution is -2.60. The second kappa shape index (κ2) is 3.32. The van der Waals surface area contributed by atoms with E-state index in [1.165, 1.54) is 12.8 Å². The highest BCUT2D eigenvalue weighted by Crippen LogP contribution is 2.23. The zero-order chi connectivity index (χ0) is 8.44. The average Bonchev–Trinajstić information content (AvgIpc) is 2.04. The van der Waals surface area contributed by atoms with Crippen LogP contribution in [0, 0.1) is 0 Å². The summed E-state index contributed by atoms with van der Waals surface area (Å²) in [5, 5.41) is 3.21. The predicted octanol–water partition coefficient (Wildman–Crippen LogP) is 0.891. The van der Waals surface area contributed by atoms with Crippen LogP contribution in [0.1, 0.15) is 26.2 Å². The lowest BCUT2D eigenvalue weighted by Gasteiger charge is -2.42. The van der Waals surface area contributed by atoms with E-state index in [0.717, 1.165) is 26.1 Å². The van der Waals surface area contributed by atoms with E-state index in [1.807, 2.05) is 0 Å². The molecule has 0 radical (unpaired) electrons. The maximum absolute atomic E-state index is 5.83. The molecule has 3 nitrogen and oxygen atoms in total. The number of rotatable bonds is 2. The molecule has 2 aliphatic heterocycles. The Morgan fingerprint density at radius 3 is 2.75 bits per heavy atom. The second-order valence-corrected chi connectivity index (χ2v) is 3.97. The van der Waals surface area contributed by atoms with Crippen molar-refractivity contribution >= 4 is 0 Å². The highest BCUT2D eigenvalue weighted by molar-refractivity contribution is 4.90. The van der Waals surface area contributed by atoms with Gasteiger partial charge in [0.15, 0.2) is 6.29 Å². The molecule has 0 aromatic heterocycles. The molecule has 0 spiro atoms. The molecule has 3 heteroatoms. The van der Waals surface area contributed by atoms with Crippen molar-refractivity contribution in [1.82, 2.24) is 5.32 Å². The van der Waals surface area contributed by atoms with Crippen LogP contribution in [0.4, 0.5) is 0 Å². The monoisotopic (exact) mass is 171 g/mol. The summed E-state index contributed by atoms with van der Waals surface area (Å²) in [6.07, 6.45) is 3.56. The fourth-order valence-corrected chi connectivity index (χ4v) is 1.68. The fraction of sp³-hybridized carbons (Fsp3) is 1.00. The summed E-state index contributed by atoms with van der Waals surface area (Å²) < 4.78 is 11.3. The Hall–Kier alpha value is -0.120. The number of hydrogen-bond donors (Lipinski definition) is 1. The van der Waals surface area contributed by atoms with Crippen molar-refractivity contribution in [3.63, 3.8) is 0 Å². The van der Waals surface area contributed by atoms with Gasteiger partial charge in [-0.2, -0.15) is 0 Å². The molecule has 2 saturated heterocycles. The maximum Gasteiger partial charge on any atom is 0.158 e. The molecule has 0 saturated carbocycles. The van der Waals surface area contributed by atoms with Gasteiger partial charge in [-0.3, -0.25) is 0 Å². The van der Waals surface area contributed by atoms with Crippen LogP contribution >= 0.6 is 0 Å². The summed E-state index contributed by atoms with van der Waals surface area (Å²) in [6.45, 7) is 4.94. The predicted molar refractivity (Wildman–Crippen MR) is 46.0 cm³/mol. The number of nitrogens with one attached hydrogen (secondary N) is 1. The minimum Gasteiger partial charge on any atom is -0.353 e. The number of ether oxygens (including phenoxy) is 2. The first kappa shape index (κ1) is 8.48. The normalized spacial score (nSPS) is 34.2. The average molecular weight is 171 g/mol. The fourth-order valence-electron chi connectivity index (χ4n) is 1.68. The van der Waals surface area contributed by atoms with Gasteiger partial charge in [0.05, 0.1) is 5.60 Å². The van der Waals surface area contributed by atoms with Gasteiger partial charge in [0.2, 0.25) is 0 Å². The smallest absolute Gasteiger partial charge is 0.158 e. The van der Waals surface area contributed by atoms with E-state index in [1.54, 1.807) is 0 Å². The highest BCUT2D eigenvalue weighted by Gasteiger charge is 2.35. The van der Waals surface area contributed by atoms with Crippen LogP contribution < -0.4 is 5.32 Å². The molecule has 1 atom stereocenters. The molecule has 12 heavy (non-hydrogen) atoms. The molecule has 2 aliphatic rings. The van der Waals surface area contributed by atoms with Crippen molar-refractivity contribution in [2.45, 2.75) is 38.1 Å². The Kier molecular flexibility index (Phi) is 2.35. The van der Waals surface area contributed by atoms with Crippen LogP contribution in [-0.2, 0) is 9.47 Å². The third-order valence-corrected chi connectivity index (χ3v) is 2.55. The van der Waals surface area contributed by atoms with Crippen molar-refractivity contribution in [2.24, 2.45) is 0 Å². The molecule has 0 aliphatic carbocycles. The second-order valence-electron chi connectivity index (χ2n) is 3.97. The molecule has 1 unspecified atom stereocenters. The van der Waals surface area contributed by atoms with Gasteiger partial charge < -0.3 is 14.8 Å². The molecule has 2 fully saturated rings. The van der Waals surface area contributed by atoms with Crippen molar-refractivity contribution in [1.29, 1.82) is 0 Å². The number of hydrogen-bond acceptors (Lipinski definition) is 3. The summed E-state index contributed by atoms with van der Waals surface area (Å²) in [5.74, 6) is 0. The molecular weight excluding hydrogens is 154 g/mol. The molecule has 2 heterocycles. The first-order valence-corrected chi connectivity index (χ1v) is 4.79. The minimum absolute atomic E-state index is 0.0437. The Morgan fingerprint density at radius 1 is 1.42 bits per heavy atom. The lowest BCUT2D eigenvalue weighted by atomic mass is 10.00. The SMILES string of the molecule is CC1(OC2CCCCO2)CNC1. The Labute approximate surface area is 73.4 Å². The van der Waals surface area contributed by atoms with E-state index in [9.17, 15) is 0 Å². The van der Waals surface area contributed by atoms with Crippen LogP contribution in [0.25, 0.3) is 0 Å². The van der Waals surface area contributed by atoms with Gasteiger partial charge in [0.1, 0.15) is 0 Å². The Balaban J connectivity index is 1.77. The van der Waals surface area contributed by atoms with Crippen LogP contribution in [-0.4, -0.2) is 31.6 Å². The van der Waals surface area contributed by atoms with E-state index in [4.69, 9.17) is 9.47 Å². The van der Waals surface area contributed by atoms with Gasteiger partial charge in [-0.05, 0) is 26.2 Å². The van der Waals surface area contributed by atoms with Gasteiger partial charge in [-0.25, -0.2) is 0 Å². The van der Waals surface area contributed by atoms with Crippen LogP contribution in [0.2, 0.25) is 0 Å². The van der Waals surface area contributed by atoms with E-state index in [2.05, 4.69) is 12.2 Å². The Morgan fingerprint density at radius 2 is 2.25 bits per heavy atom. The van der Waals surface area contributed by atoms with Crippen LogP contribution in [0.15, 0.2) is 0 Å². The third kappa shape index (κ3) is 1.79. The summed E-state index contributed by atoms with van der Waals surface area (Å²) >= 11 is 0. The van der Waals surface area contributed by atoms with Gasteiger partial charge in [0, 0.05) is 19.7 Å². The standard InChI is InChI=1S/C9H17NO2/c1-9(6-10-7-9)12-8-4-2-3-5-11-8/h8,10H,2-7H2,1H3. The zero-order valence-corrected chi connectivity index (χ0v) is 7.64. The third-order valence-electron chi connectivity index (χ3n) is 2.55. The van der Waals surface area contributed by atoms with Crippen molar-refractivity contribution in [3.05, 3.63) is 0 Å². The van der Waals surface area contributed by atoms with Crippen LogP contribution in [0.5, 0.6) is 0 Å². The first-order chi connectivity index (χ1) is 5.79. The van der Waals surface area contributed by atoms with E-state index in [-0.39, 0.29) is 11.9 Å². The van der Waals surface area contributed by atoms with Crippen LogP contribution in [0.3, 0.4) is 0 Å². The largest absolute Gasteiger partial charge is 0.353 e. The lowest BCUT2D eigenvalue weighted by molar-refractivity contribution is -0.231. The summed E-state index contributed by atoms with van der Waals surface area (Å²) in [4.78, 5) is 0. The summed E-state index contributed by atoms with van der Waals surface area (Å²) in [5.41, 5.74) is 0.0437. The molecule has 0 amide bonds. The highest BCUT2D eigenvalue weighted by atomic mass is 16.7. The van der Waals surface area contributed by atoms with Gasteiger partial charge in [-0.15, -0.1) is 0 Å². The Bertz CT molecular complexity index is 151. The molecule has 0 aromatic rings. The summed E-state index contributed by atoms with van der Waals surface area (Å²) in [6, 6.07) is 0. The summed E-state index contributed by atoms with van der Waals surface area (Å²) in [7, 11) is 0. The molecule has 0 aromatic carbocycles. The van der Waals surface area contributed by atoms with Gasteiger partial charge in [0.25, 0.3) is 0 Å². The van der Waals surface area contributed by atoms with E-state index < -0.39 is 0 Å². The molecule has 70 valence electrons. The zero-order valence-electron chi connectivity index (χ0n) is 7.64. The van der Waals surface area contributed by atoms with Crippen molar-refractivity contribution in [2.75, 3.05) is 19.7 Å². The van der Waals surface area contributed by atoms with Gasteiger partial charge >= 0.3 is 0 Å². The molecule has 0 bridgehead atoms. The van der Waals surface area contributed by atoms with E-state index >= 15 is 0 Å². The van der Waals surface area contributed by atoms with Gasteiger partial charge in [-0.1, -0.05) is 0 Å². The molecule has 2 rings (SSSR count). The van der Waals surface area contributed by atoms with Crippen molar-refractivity contribution < 1.29 is 9.47 Å². The van der Waals surface area contributed by atoms with Crippen molar-refractivity contribution in [3.8, 4) is 0 Å². The minimum atomic E-state index is 0.0437.